The van der Waals surface area contributed by atoms with E-state index in [1.54, 1.807) is 13.2 Å². The number of hydrogen-bond donors (Lipinski definition) is 0. The molecule has 0 amide bonds. The number of hydrogen-bond acceptors (Lipinski definition) is 3. The maximum absolute atomic E-state index is 11.6. The fraction of sp³-hybridized carbons (Fsp3) is 0.467. The van der Waals surface area contributed by atoms with Crippen molar-refractivity contribution in [2.24, 2.45) is 0 Å². The molecule has 0 heterocycles. The Hall–Kier alpha value is -0.952. The molecule has 1 aliphatic carbocycles. The van der Waals surface area contributed by atoms with E-state index >= 15 is 0 Å². The quantitative estimate of drug-likeness (QED) is 0.297. The van der Waals surface area contributed by atoms with E-state index in [1.807, 2.05) is 13.0 Å². The zero-order valence-electron chi connectivity index (χ0n) is 11.5. The molecule has 0 unspecified atom stereocenters. The summed E-state index contributed by atoms with van der Waals surface area (Å²) >= 11 is 1.36. The molecule has 0 aliphatic heterocycles. The Morgan fingerprint density at radius 2 is 1.89 bits per heavy atom. The molecule has 104 valence electrons. The van der Waals surface area contributed by atoms with Gasteiger partial charge < -0.3 is 0 Å². The molecule has 0 saturated heterocycles. The van der Waals surface area contributed by atoms with Crippen molar-refractivity contribution in [3.8, 4) is 0 Å². The van der Waals surface area contributed by atoms with Gasteiger partial charge >= 0.3 is 125 Å². The first kappa shape index (κ1) is 16.1. The Bertz CT molecular complexity index is 433. The normalized spacial score (nSPS) is 20.2. The number of allylic oxidation sites excluding steroid dienone is 3. The fourth-order valence-corrected chi connectivity index (χ4v) is 3.08. The first-order chi connectivity index (χ1) is 9.08. The molecule has 0 aromatic carbocycles. The Balaban J connectivity index is 2.94. The molecule has 0 spiro atoms. The van der Waals surface area contributed by atoms with Crippen molar-refractivity contribution >= 4 is 9.87 Å². The number of carbonyl (C=O) groups excluding carboxylic acids is 1. The van der Waals surface area contributed by atoms with E-state index in [-0.39, 0.29) is 5.97 Å². The van der Waals surface area contributed by atoms with Crippen LogP contribution in [0.25, 0.3) is 0 Å². The Morgan fingerprint density at radius 1 is 1.32 bits per heavy atom. The van der Waals surface area contributed by atoms with E-state index in [0.29, 0.717) is 12.4 Å². The van der Waals surface area contributed by atoms with Crippen molar-refractivity contribution in [1.82, 2.24) is 0 Å². The number of methoxy groups -OCH3 is 1. The van der Waals surface area contributed by atoms with Gasteiger partial charge in [-0.25, -0.2) is 0 Å². The minimum atomic E-state index is -0.247. The second kappa shape index (κ2) is 8.27. The van der Waals surface area contributed by atoms with Gasteiger partial charge in [0.15, 0.2) is 0 Å². The molecule has 4 heteroatoms. The van der Waals surface area contributed by atoms with E-state index in [1.165, 1.54) is 28.8 Å². The van der Waals surface area contributed by atoms with E-state index in [2.05, 4.69) is 6.58 Å². The topological polar surface area (TPSA) is 35.5 Å². The second-order valence-corrected chi connectivity index (χ2v) is 5.76. The van der Waals surface area contributed by atoms with Gasteiger partial charge in [0.25, 0.3) is 0 Å². The van der Waals surface area contributed by atoms with Crippen molar-refractivity contribution in [2.75, 3.05) is 13.7 Å². The number of rotatable bonds is 4. The SMILES string of the molecule is C=C(/C=C1/CCCC/C(=C\C(=O)OCC)[C]1=[W])OC. The standard InChI is InChI=1S/C15H20O3.W/c1-4-18-15(16)11-14-8-6-5-7-13(10-14)9-12(2)17-3;/h9,11H,2,4-8H2,1,3H3;/b13-9-,14-11+;. The monoisotopic (exact) mass is 432 g/mol. The summed E-state index contributed by atoms with van der Waals surface area (Å²) in [5, 5.41) is 0. The molecule has 0 aromatic heterocycles. The molecule has 0 bridgehead atoms. The van der Waals surface area contributed by atoms with Gasteiger partial charge in [-0.2, -0.15) is 0 Å². The van der Waals surface area contributed by atoms with Crippen LogP contribution in [0.1, 0.15) is 32.6 Å². The molecule has 0 atom stereocenters. The van der Waals surface area contributed by atoms with Crippen molar-refractivity contribution in [1.29, 1.82) is 0 Å². The van der Waals surface area contributed by atoms with Gasteiger partial charge in [-0.15, -0.1) is 0 Å². The average Bonchev–Trinajstić information content (AvgIpc) is 2.54. The third-order valence-electron chi connectivity index (χ3n) is 2.90. The van der Waals surface area contributed by atoms with Crippen LogP contribution in [0.5, 0.6) is 0 Å². The van der Waals surface area contributed by atoms with Crippen LogP contribution in [0.15, 0.2) is 35.6 Å². The Morgan fingerprint density at radius 3 is 2.42 bits per heavy atom. The van der Waals surface area contributed by atoms with Crippen LogP contribution < -0.4 is 0 Å². The van der Waals surface area contributed by atoms with Crippen LogP contribution in [-0.4, -0.2) is 23.6 Å². The van der Waals surface area contributed by atoms with Crippen LogP contribution in [0.2, 0.25) is 0 Å². The van der Waals surface area contributed by atoms with Crippen LogP contribution in [0.3, 0.4) is 0 Å². The predicted molar refractivity (Wildman–Crippen MR) is 72.4 cm³/mol. The summed E-state index contributed by atoms with van der Waals surface area (Å²) in [6.07, 6.45) is 7.79. The molecule has 3 nitrogen and oxygen atoms in total. The van der Waals surface area contributed by atoms with Crippen LogP contribution in [0, 0.1) is 0 Å². The molecule has 1 fully saturated rings. The van der Waals surface area contributed by atoms with E-state index in [9.17, 15) is 4.79 Å². The van der Waals surface area contributed by atoms with Gasteiger partial charge in [0.05, 0.1) is 0 Å². The van der Waals surface area contributed by atoms with Crippen LogP contribution in [-0.2, 0) is 33.6 Å². The Kier molecular flexibility index (Phi) is 7.01. The van der Waals surface area contributed by atoms with Crippen LogP contribution >= 0.6 is 0 Å². The van der Waals surface area contributed by atoms with Crippen LogP contribution in [0.4, 0.5) is 0 Å². The van der Waals surface area contributed by atoms with Gasteiger partial charge in [-0.3, -0.25) is 0 Å². The van der Waals surface area contributed by atoms with Gasteiger partial charge in [0.1, 0.15) is 0 Å². The zero-order chi connectivity index (χ0) is 14.3. The molecule has 0 N–H and O–H groups in total. The Labute approximate surface area is 125 Å². The molecular formula is C15H20O3W. The molecule has 0 aromatic rings. The van der Waals surface area contributed by atoms with Crippen molar-refractivity contribution < 1.29 is 33.6 Å². The minimum absolute atomic E-state index is 0.247. The van der Waals surface area contributed by atoms with Crippen molar-refractivity contribution in [3.63, 3.8) is 0 Å². The summed E-state index contributed by atoms with van der Waals surface area (Å²) in [4.78, 5) is 11.6. The number of carbonyl (C=O) groups is 1. The zero-order valence-corrected chi connectivity index (χ0v) is 14.5. The van der Waals surface area contributed by atoms with E-state index in [0.717, 1.165) is 31.3 Å². The maximum atomic E-state index is 11.6. The summed E-state index contributed by atoms with van der Waals surface area (Å²) in [5.74, 6) is 0.411. The molecule has 0 radical (unpaired) electrons. The molecule has 1 aliphatic rings. The first-order valence-electron chi connectivity index (χ1n) is 6.44. The van der Waals surface area contributed by atoms with E-state index in [4.69, 9.17) is 9.47 Å². The molecular weight excluding hydrogens is 412 g/mol. The summed E-state index contributed by atoms with van der Waals surface area (Å²) in [6, 6.07) is 0. The number of esters is 1. The van der Waals surface area contributed by atoms with Crippen molar-refractivity contribution in [3.05, 3.63) is 35.6 Å². The van der Waals surface area contributed by atoms with Gasteiger partial charge in [0, 0.05) is 0 Å². The van der Waals surface area contributed by atoms with Gasteiger partial charge in [0.2, 0.25) is 0 Å². The fourth-order valence-electron chi connectivity index (χ4n) is 1.92. The second-order valence-electron chi connectivity index (χ2n) is 4.30. The summed E-state index contributed by atoms with van der Waals surface area (Å²) < 4.78 is 11.3. The van der Waals surface area contributed by atoms with Crippen molar-refractivity contribution in [2.45, 2.75) is 32.6 Å². The third-order valence-corrected chi connectivity index (χ3v) is 4.79. The average molecular weight is 432 g/mol. The van der Waals surface area contributed by atoms with E-state index < -0.39 is 0 Å². The summed E-state index contributed by atoms with van der Waals surface area (Å²) in [6.45, 7) is 6.07. The van der Waals surface area contributed by atoms with Gasteiger partial charge in [-0.1, -0.05) is 0 Å². The number of ether oxygens (including phenoxy) is 2. The molecule has 1 saturated carbocycles. The molecule has 19 heavy (non-hydrogen) atoms. The third kappa shape index (κ3) is 5.28. The first-order valence-corrected chi connectivity index (χ1v) is 7.90. The van der Waals surface area contributed by atoms with Gasteiger partial charge in [-0.05, 0) is 0 Å². The predicted octanol–water partition coefficient (Wildman–Crippen LogP) is 2.86. The summed E-state index contributed by atoms with van der Waals surface area (Å²) in [5.41, 5.74) is 2.33. The molecule has 1 rings (SSSR count). The summed E-state index contributed by atoms with van der Waals surface area (Å²) in [7, 11) is 1.62.